The van der Waals surface area contributed by atoms with Crippen LogP contribution in [0.2, 0.25) is 0 Å². The Hall–Kier alpha value is -3.32. The zero-order valence-corrected chi connectivity index (χ0v) is 19.8. The molecule has 2 aromatic heterocycles. The van der Waals surface area contributed by atoms with E-state index in [1.54, 1.807) is 14.2 Å². The summed E-state index contributed by atoms with van der Waals surface area (Å²) < 4.78 is 15.4. The normalized spacial score (nSPS) is 15.3. The van der Waals surface area contributed by atoms with Crippen LogP contribution in [0.15, 0.2) is 48.7 Å². The van der Waals surface area contributed by atoms with Gasteiger partial charge in [0.1, 0.15) is 5.82 Å². The van der Waals surface area contributed by atoms with Gasteiger partial charge in [0.15, 0.2) is 11.5 Å². The summed E-state index contributed by atoms with van der Waals surface area (Å²) in [4.78, 5) is 7.57. The summed E-state index contributed by atoms with van der Waals surface area (Å²) in [5.74, 6) is 2.43. The van der Waals surface area contributed by atoms with Gasteiger partial charge in [0.25, 0.3) is 0 Å². The maximum absolute atomic E-state index is 5.56. The van der Waals surface area contributed by atoms with Crippen LogP contribution in [0.5, 0.6) is 11.5 Å². The summed E-state index contributed by atoms with van der Waals surface area (Å²) in [6.07, 6.45) is 4.17. The second-order valence-corrected chi connectivity index (χ2v) is 8.75. The maximum Gasteiger partial charge on any atom is 0.161 e. The third-order valence-corrected chi connectivity index (χ3v) is 6.89. The molecule has 0 amide bonds. The Labute approximate surface area is 194 Å². The largest absolute Gasteiger partial charge is 0.493 e. The van der Waals surface area contributed by atoms with Gasteiger partial charge in [0.05, 0.1) is 31.4 Å². The Morgan fingerprint density at radius 2 is 1.76 bits per heavy atom. The lowest BCUT2D eigenvalue weighted by molar-refractivity contribution is 0.181. The summed E-state index contributed by atoms with van der Waals surface area (Å²) in [5.41, 5.74) is 5.81. The van der Waals surface area contributed by atoms with Crippen molar-refractivity contribution in [2.45, 2.75) is 32.4 Å². The SMILES string of the molecule is COc1ccc(-c2nc3ccccc3n2C2CCN(Cc3cnn(C)c3C)CC2)cc1OC. The van der Waals surface area contributed by atoms with Crippen molar-refractivity contribution in [1.29, 1.82) is 0 Å². The van der Waals surface area contributed by atoms with Gasteiger partial charge in [0, 0.05) is 49.5 Å². The van der Waals surface area contributed by atoms with E-state index in [4.69, 9.17) is 14.5 Å². The molecule has 33 heavy (non-hydrogen) atoms. The van der Waals surface area contributed by atoms with Crippen LogP contribution in [-0.2, 0) is 13.6 Å². The summed E-state index contributed by atoms with van der Waals surface area (Å²) >= 11 is 0. The molecule has 7 heteroatoms. The Morgan fingerprint density at radius 1 is 1.00 bits per heavy atom. The van der Waals surface area contributed by atoms with Crippen LogP contribution in [-0.4, -0.2) is 51.5 Å². The number of aryl methyl sites for hydroxylation is 1. The molecule has 1 saturated heterocycles. The third-order valence-electron chi connectivity index (χ3n) is 6.89. The third kappa shape index (κ3) is 3.97. The van der Waals surface area contributed by atoms with Crippen molar-refractivity contribution >= 4 is 11.0 Å². The average Bonchev–Trinajstić information content (AvgIpc) is 3.39. The molecule has 1 fully saturated rings. The molecule has 4 aromatic rings. The highest BCUT2D eigenvalue weighted by Crippen LogP contribution is 2.37. The Morgan fingerprint density at radius 3 is 2.45 bits per heavy atom. The Kier molecular flexibility index (Phi) is 5.81. The van der Waals surface area contributed by atoms with Crippen LogP contribution in [0.25, 0.3) is 22.4 Å². The number of methoxy groups -OCH3 is 2. The molecule has 3 heterocycles. The lowest BCUT2D eigenvalue weighted by Crippen LogP contribution is -2.34. The maximum atomic E-state index is 5.56. The van der Waals surface area contributed by atoms with Crippen LogP contribution in [0.4, 0.5) is 0 Å². The number of para-hydroxylation sites is 2. The lowest BCUT2D eigenvalue weighted by Gasteiger charge is -2.33. The molecule has 7 nitrogen and oxygen atoms in total. The van der Waals surface area contributed by atoms with E-state index in [0.29, 0.717) is 6.04 Å². The van der Waals surface area contributed by atoms with E-state index >= 15 is 0 Å². The van der Waals surface area contributed by atoms with Crippen molar-refractivity contribution in [3.8, 4) is 22.9 Å². The van der Waals surface area contributed by atoms with Crippen molar-refractivity contribution in [3.63, 3.8) is 0 Å². The van der Waals surface area contributed by atoms with Crippen molar-refractivity contribution in [1.82, 2.24) is 24.2 Å². The van der Waals surface area contributed by atoms with Crippen LogP contribution < -0.4 is 9.47 Å². The number of imidazole rings is 1. The molecule has 2 aromatic carbocycles. The van der Waals surface area contributed by atoms with E-state index in [0.717, 1.165) is 60.9 Å². The summed E-state index contributed by atoms with van der Waals surface area (Å²) in [6, 6.07) is 14.9. The number of fused-ring (bicyclic) bond motifs is 1. The molecule has 0 N–H and O–H groups in total. The first-order valence-corrected chi connectivity index (χ1v) is 11.5. The van der Waals surface area contributed by atoms with Crippen LogP contribution in [0, 0.1) is 6.92 Å². The number of likely N-dealkylation sites (tertiary alicyclic amines) is 1. The predicted molar refractivity (Wildman–Crippen MR) is 130 cm³/mol. The number of hydrogen-bond acceptors (Lipinski definition) is 5. The van der Waals surface area contributed by atoms with E-state index in [-0.39, 0.29) is 0 Å². The van der Waals surface area contributed by atoms with E-state index in [2.05, 4.69) is 51.8 Å². The molecule has 172 valence electrons. The molecule has 1 aliphatic rings. The Balaban J connectivity index is 1.44. The van der Waals surface area contributed by atoms with Crippen LogP contribution in [0.3, 0.4) is 0 Å². The molecule has 0 aliphatic carbocycles. The van der Waals surface area contributed by atoms with E-state index < -0.39 is 0 Å². The fourth-order valence-corrected chi connectivity index (χ4v) is 4.87. The number of piperidine rings is 1. The number of rotatable bonds is 6. The Bertz CT molecular complexity index is 1270. The van der Waals surface area contributed by atoms with E-state index in [1.165, 1.54) is 16.8 Å². The van der Waals surface area contributed by atoms with Gasteiger partial charge in [-0.3, -0.25) is 9.58 Å². The zero-order valence-electron chi connectivity index (χ0n) is 19.8. The van der Waals surface area contributed by atoms with Gasteiger partial charge in [-0.2, -0.15) is 5.10 Å². The summed E-state index contributed by atoms with van der Waals surface area (Å²) in [6.45, 7) is 5.20. The highest BCUT2D eigenvalue weighted by Gasteiger charge is 2.26. The highest BCUT2D eigenvalue weighted by molar-refractivity contribution is 5.81. The van der Waals surface area contributed by atoms with Gasteiger partial charge in [0.2, 0.25) is 0 Å². The van der Waals surface area contributed by atoms with E-state index in [9.17, 15) is 0 Å². The molecule has 0 saturated carbocycles. The van der Waals surface area contributed by atoms with Gasteiger partial charge < -0.3 is 14.0 Å². The first-order valence-electron chi connectivity index (χ1n) is 11.5. The fourth-order valence-electron chi connectivity index (χ4n) is 4.87. The number of nitrogens with zero attached hydrogens (tertiary/aromatic N) is 5. The number of aromatic nitrogens is 4. The monoisotopic (exact) mass is 445 g/mol. The molecule has 0 unspecified atom stereocenters. The lowest BCUT2D eigenvalue weighted by atomic mass is 10.0. The van der Waals surface area contributed by atoms with Crippen LogP contribution >= 0.6 is 0 Å². The minimum Gasteiger partial charge on any atom is -0.493 e. The van der Waals surface area contributed by atoms with Crippen molar-refractivity contribution in [3.05, 3.63) is 59.9 Å². The first-order chi connectivity index (χ1) is 16.1. The van der Waals surface area contributed by atoms with Crippen molar-refractivity contribution < 1.29 is 9.47 Å². The standard InChI is InChI=1S/C26H31N5O2/c1-18-20(16-27-29(18)2)17-30-13-11-21(12-14-30)31-23-8-6-5-7-22(23)28-26(31)19-9-10-24(32-3)25(15-19)33-4/h5-10,15-16,21H,11-14,17H2,1-4H3. The smallest absolute Gasteiger partial charge is 0.161 e. The first kappa shape index (κ1) is 21.5. The quantitative estimate of drug-likeness (QED) is 0.434. The minimum atomic E-state index is 0.395. The second kappa shape index (κ2) is 8.90. The summed E-state index contributed by atoms with van der Waals surface area (Å²) in [5, 5.41) is 4.40. The zero-order chi connectivity index (χ0) is 22.9. The number of benzene rings is 2. The van der Waals surface area contributed by atoms with Gasteiger partial charge in [-0.1, -0.05) is 12.1 Å². The molecule has 1 aliphatic heterocycles. The van der Waals surface area contributed by atoms with E-state index in [1.807, 2.05) is 30.1 Å². The predicted octanol–water partition coefficient (Wildman–Crippen LogP) is 4.60. The molecular weight excluding hydrogens is 414 g/mol. The topological polar surface area (TPSA) is 57.3 Å². The number of hydrogen-bond donors (Lipinski definition) is 0. The molecule has 5 rings (SSSR count). The van der Waals surface area contributed by atoms with Crippen LogP contribution in [0.1, 0.15) is 30.1 Å². The molecule has 0 bridgehead atoms. The minimum absolute atomic E-state index is 0.395. The van der Waals surface area contributed by atoms with Crippen molar-refractivity contribution in [2.75, 3.05) is 27.3 Å². The van der Waals surface area contributed by atoms with Crippen molar-refractivity contribution in [2.24, 2.45) is 7.05 Å². The van der Waals surface area contributed by atoms with Gasteiger partial charge >= 0.3 is 0 Å². The highest BCUT2D eigenvalue weighted by atomic mass is 16.5. The fraction of sp³-hybridized carbons (Fsp3) is 0.385. The molecular formula is C26H31N5O2. The molecule has 0 atom stereocenters. The summed E-state index contributed by atoms with van der Waals surface area (Å²) in [7, 11) is 5.34. The molecule has 0 spiro atoms. The van der Waals surface area contributed by atoms with Gasteiger partial charge in [-0.05, 0) is 50.1 Å². The number of ether oxygens (including phenoxy) is 2. The average molecular weight is 446 g/mol. The second-order valence-electron chi connectivity index (χ2n) is 8.75. The van der Waals surface area contributed by atoms with Gasteiger partial charge in [-0.15, -0.1) is 0 Å². The molecule has 0 radical (unpaired) electrons. The van der Waals surface area contributed by atoms with Gasteiger partial charge in [-0.25, -0.2) is 4.98 Å².